The molecule has 0 radical (unpaired) electrons. The molecule has 2 aliphatic rings. The van der Waals surface area contributed by atoms with E-state index in [9.17, 15) is 24.1 Å². The number of rotatable bonds is 6. The molecule has 0 spiro atoms. The van der Waals surface area contributed by atoms with Gasteiger partial charge in [0.25, 0.3) is 5.56 Å². The Labute approximate surface area is 183 Å². The number of halogens is 1. The van der Waals surface area contributed by atoms with E-state index in [0.29, 0.717) is 11.8 Å². The number of carbonyl (C=O) groups is 1. The average molecular weight is 475 g/mol. The molecule has 0 saturated carbocycles. The van der Waals surface area contributed by atoms with Crippen LogP contribution < -0.4 is 20.5 Å². The van der Waals surface area contributed by atoms with Gasteiger partial charge in [-0.2, -0.15) is 0 Å². The summed E-state index contributed by atoms with van der Waals surface area (Å²) in [5, 5.41) is 10.4. The highest BCUT2D eigenvalue weighted by Crippen LogP contribution is 2.57. The highest BCUT2D eigenvalue weighted by atomic mass is 31.2. The molecule has 1 fully saturated rings. The molecule has 2 aliphatic heterocycles. The minimum atomic E-state index is -4.84. The number of benzene rings is 1. The second-order valence-corrected chi connectivity index (χ2v) is 8.19. The Bertz CT molecular complexity index is 1340. The number of alkyl halides is 1. The lowest BCUT2D eigenvalue weighted by Gasteiger charge is -2.28. The Morgan fingerprint density at radius 2 is 2.31 bits per heavy atom. The molecule has 14 heteroatoms. The summed E-state index contributed by atoms with van der Waals surface area (Å²) in [6, 6.07) is 4.60. The van der Waals surface area contributed by atoms with Gasteiger partial charge in [0.1, 0.15) is 12.7 Å². The van der Waals surface area contributed by atoms with E-state index >= 15 is 4.39 Å². The molecule has 0 aliphatic carbocycles. The number of fused-ring (bicyclic) bond motifs is 1. The summed E-state index contributed by atoms with van der Waals surface area (Å²) in [5.41, 5.74) is -2.72. The Hall–Kier alpha value is -2.83. The fourth-order valence-electron chi connectivity index (χ4n) is 3.01. The maximum absolute atomic E-state index is 15.8. The molecule has 0 amide bonds. The number of aliphatic hydroxyl groups is 1. The Morgan fingerprint density at radius 3 is 3.03 bits per heavy atom. The maximum Gasteiger partial charge on any atom is 0.530 e. The standard InChI is InChI=1S/C18H18FN2O10P/c1-27-13-4-2-3-10-8-28-32(26,31-14(10)13)29-9-18(19)5-12(23)16(30-18)21-6-11(7-22)15(24)20-17(21)25/h2-4,6-7,12,16,23H,5,8-9H2,1H3,(H,20,24,25)/t12-,16-,18+,32?/m1/s1/i9D2,16D. The minimum absolute atomic E-state index is 0.0417. The summed E-state index contributed by atoms with van der Waals surface area (Å²) in [4.78, 5) is 36.6. The van der Waals surface area contributed by atoms with E-state index in [1.165, 1.54) is 13.2 Å². The summed E-state index contributed by atoms with van der Waals surface area (Å²) in [7, 11) is -3.55. The second kappa shape index (κ2) is 8.26. The number of aromatic amines is 1. The van der Waals surface area contributed by atoms with Crippen molar-refractivity contribution in [1.82, 2.24) is 9.55 Å². The first-order chi connectivity index (χ1) is 16.3. The van der Waals surface area contributed by atoms with E-state index in [1.54, 1.807) is 17.1 Å². The smallest absolute Gasteiger partial charge is 0.493 e. The van der Waals surface area contributed by atoms with Gasteiger partial charge in [-0.3, -0.25) is 28.2 Å². The highest BCUT2D eigenvalue weighted by molar-refractivity contribution is 7.49. The van der Waals surface area contributed by atoms with E-state index in [0.717, 1.165) is 0 Å². The summed E-state index contributed by atoms with van der Waals surface area (Å²) in [6.07, 6.45) is -5.97. The van der Waals surface area contributed by atoms with Crippen LogP contribution in [0.2, 0.25) is 0 Å². The number of H-pyrrole nitrogens is 1. The molecule has 2 aromatic rings. The Kier molecular flexibility index (Phi) is 4.83. The molecule has 1 aromatic heterocycles. The quantitative estimate of drug-likeness (QED) is 0.457. The molecule has 1 unspecified atom stereocenters. The number of phosphoric acid groups is 1. The van der Waals surface area contributed by atoms with Crippen molar-refractivity contribution in [2.24, 2.45) is 0 Å². The summed E-state index contributed by atoms with van der Waals surface area (Å²) >= 11 is 0. The molecule has 172 valence electrons. The van der Waals surface area contributed by atoms with E-state index in [-0.39, 0.29) is 29.0 Å². The van der Waals surface area contributed by atoms with Crippen molar-refractivity contribution < 1.29 is 46.0 Å². The molecule has 32 heavy (non-hydrogen) atoms. The van der Waals surface area contributed by atoms with Crippen LogP contribution in [0.1, 0.15) is 32.7 Å². The first-order valence-electron chi connectivity index (χ1n) is 10.5. The number of carbonyl (C=O) groups excluding carboxylic acids is 1. The summed E-state index contributed by atoms with van der Waals surface area (Å²) < 4.78 is 78.3. The van der Waals surface area contributed by atoms with Crippen molar-refractivity contribution in [2.75, 3.05) is 13.7 Å². The van der Waals surface area contributed by atoms with Crippen LogP contribution >= 0.6 is 7.82 Å². The number of aldehydes is 1. The van der Waals surface area contributed by atoms with Crippen LogP contribution in [0.5, 0.6) is 11.5 Å². The van der Waals surface area contributed by atoms with Crippen LogP contribution in [-0.2, 0) is 25.0 Å². The zero-order valence-electron chi connectivity index (χ0n) is 19.3. The second-order valence-electron chi connectivity index (χ2n) is 6.67. The number of nitrogens with one attached hydrogen (secondary N) is 1. The van der Waals surface area contributed by atoms with Gasteiger partial charge in [-0.05, 0) is 6.07 Å². The number of nitrogens with zero attached hydrogens (tertiary/aromatic N) is 1. The fraction of sp³-hybridized carbons (Fsp3) is 0.389. The highest BCUT2D eigenvalue weighted by Gasteiger charge is 2.50. The van der Waals surface area contributed by atoms with Crippen molar-refractivity contribution in [3.63, 3.8) is 0 Å². The zero-order valence-corrected chi connectivity index (χ0v) is 17.2. The third-order valence-electron chi connectivity index (χ3n) is 4.51. The van der Waals surface area contributed by atoms with Gasteiger partial charge < -0.3 is 19.1 Å². The number of aliphatic hydroxyl groups excluding tert-OH is 1. The molecular weight excluding hydrogens is 454 g/mol. The molecule has 2 N–H and O–H groups in total. The maximum atomic E-state index is 15.8. The van der Waals surface area contributed by atoms with Gasteiger partial charge in [0.15, 0.2) is 24.0 Å². The number of hydrogen-bond donors (Lipinski definition) is 2. The lowest BCUT2D eigenvalue weighted by molar-refractivity contribution is -0.179. The van der Waals surface area contributed by atoms with Gasteiger partial charge in [0, 0.05) is 18.2 Å². The van der Waals surface area contributed by atoms with Gasteiger partial charge in [0.2, 0.25) is 5.85 Å². The summed E-state index contributed by atoms with van der Waals surface area (Å²) in [6.45, 7) is -4.04. The van der Waals surface area contributed by atoms with Crippen molar-refractivity contribution in [3.8, 4) is 11.5 Å². The van der Waals surface area contributed by atoms with Crippen LogP contribution in [0.3, 0.4) is 0 Å². The third-order valence-corrected chi connectivity index (χ3v) is 5.68. The van der Waals surface area contributed by atoms with Crippen molar-refractivity contribution in [3.05, 3.63) is 56.4 Å². The predicted molar refractivity (Wildman–Crippen MR) is 103 cm³/mol. The SMILES string of the molecule is [2H]C([2H])(OP1(=O)OCc2cccc(OC)c2O1)[C@]1(F)C[C@@H](O)[C@]([2H])(n2cc(C=O)c(=O)[nH]c2=O)O1. The van der Waals surface area contributed by atoms with Crippen LogP contribution in [0, 0.1) is 0 Å². The predicted octanol–water partition coefficient (Wildman–Crippen LogP) is 1.04. The van der Waals surface area contributed by atoms with Crippen LogP contribution in [0.15, 0.2) is 34.0 Å². The Balaban J connectivity index is 1.65. The van der Waals surface area contributed by atoms with Gasteiger partial charge in [-0.15, -0.1) is 0 Å². The monoisotopic (exact) mass is 475 g/mol. The van der Waals surface area contributed by atoms with E-state index in [2.05, 4.69) is 0 Å². The number of phosphoric ester groups is 1. The van der Waals surface area contributed by atoms with Crippen LogP contribution in [-0.4, -0.2) is 46.6 Å². The Morgan fingerprint density at radius 1 is 1.53 bits per heavy atom. The third kappa shape index (κ3) is 4.12. The topological polar surface area (TPSA) is 155 Å². The zero-order chi connectivity index (χ0) is 25.8. The van der Waals surface area contributed by atoms with E-state index in [1.807, 2.05) is 0 Å². The van der Waals surface area contributed by atoms with Crippen molar-refractivity contribution >= 4 is 14.1 Å². The largest absolute Gasteiger partial charge is 0.530 e. The average Bonchev–Trinajstić information content (AvgIpc) is 3.03. The summed E-state index contributed by atoms with van der Waals surface area (Å²) in [5.74, 6) is -3.65. The molecular formula is C18H18FN2O10P. The van der Waals surface area contributed by atoms with Gasteiger partial charge in [0.05, 0.1) is 23.4 Å². The molecule has 12 nitrogen and oxygen atoms in total. The van der Waals surface area contributed by atoms with E-state index < -0.39 is 55.8 Å². The molecule has 1 saturated heterocycles. The number of hydrogen-bond acceptors (Lipinski definition) is 10. The van der Waals surface area contributed by atoms with Crippen LogP contribution in [0.4, 0.5) is 4.39 Å². The number of para-hydroxylation sites is 1. The first kappa shape index (κ1) is 18.7. The first-order valence-corrected chi connectivity index (χ1v) is 10.4. The van der Waals surface area contributed by atoms with Gasteiger partial charge in [-0.25, -0.2) is 13.8 Å². The number of aromatic nitrogens is 2. The number of methoxy groups -OCH3 is 1. The molecule has 1 aromatic carbocycles. The van der Waals surface area contributed by atoms with Gasteiger partial charge in [-0.1, -0.05) is 12.1 Å². The van der Waals surface area contributed by atoms with Gasteiger partial charge >= 0.3 is 13.5 Å². The fourth-order valence-corrected chi connectivity index (χ4v) is 4.13. The molecule has 4 rings (SSSR count). The molecule has 3 heterocycles. The van der Waals surface area contributed by atoms with Crippen LogP contribution in [0.25, 0.3) is 0 Å². The van der Waals surface area contributed by atoms with Crippen molar-refractivity contribution in [2.45, 2.75) is 31.2 Å². The number of ether oxygens (including phenoxy) is 2. The molecule has 0 bridgehead atoms. The molecule has 4 atom stereocenters. The lowest BCUT2D eigenvalue weighted by Crippen LogP contribution is -2.37. The lowest BCUT2D eigenvalue weighted by atomic mass is 10.2. The normalized spacial score (nSPS) is 33.3. The van der Waals surface area contributed by atoms with Crippen molar-refractivity contribution in [1.29, 1.82) is 0 Å². The van der Waals surface area contributed by atoms with E-state index in [4.69, 9.17) is 27.2 Å². The minimum Gasteiger partial charge on any atom is -0.493 e.